The Morgan fingerprint density at radius 3 is 2.57 bits per heavy atom. The van der Waals surface area contributed by atoms with Crippen LogP contribution in [0.15, 0.2) is 18.5 Å². The normalized spacial score (nSPS) is 11.3. The van der Waals surface area contributed by atoms with Gasteiger partial charge in [-0.3, -0.25) is 4.79 Å². The third-order valence-electron chi connectivity index (χ3n) is 3.21. The van der Waals surface area contributed by atoms with Crippen LogP contribution in [0.5, 0.6) is 5.75 Å². The molecule has 7 nitrogen and oxygen atoms in total. The fraction of sp³-hybridized carbons (Fsp3) is 0.533. The fourth-order valence-corrected chi connectivity index (χ4v) is 2.14. The van der Waals surface area contributed by atoms with Crippen molar-refractivity contribution in [1.29, 1.82) is 0 Å². The smallest absolute Gasteiger partial charge is 0.326 e. The standard InChI is InChI=1S/C15H22N2O5.ClH/c1-11(19)16-14(15(20)21)5-3-4-6-17-8-12(10-18)7-13(9-17)22-2;/h7-9,14,18H,3-6,10H2,1-2H3,(H-,16,19,20,21);1H. The molecule has 1 aromatic rings. The lowest BCUT2D eigenvalue weighted by Gasteiger charge is -2.12. The molecule has 0 aliphatic heterocycles. The number of aryl methyl sites for hydroxylation is 1. The number of unbranched alkanes of at least 4 members (excludes halogenated alkanes) is 1. The molecule has 1 heterocycles. The summed E-state index contributed by atoms with van der Waals surface area (Å²) in [7, 11) is 1.56. The minimum absolute atomic E-state index is 0. The zero-order chi connectivity index (χ0) is 16.5. The Labute approximate surface area is 141 Å². The summed E-state index contributed by atoms with van der Waals surface area (Å²) >= 11 is 0. The molecule has 0 aliphatic carbocycles. The molecule has 23 heavy (non-hydrogen) atoms. The molecule has 0 radical (unpaired) electrons. The first-order valence-corrected chi connectivity index (χ1v) is 7.14. The summed E-state index contributed by atoms with van der Waals surface area (Å²) in [5.74, 6) is -0.706. The predicted octanol–water partition coefficient (Wildman–Crippen LogP) is -2.76. The van der Waals surface area contributed by atoms with Crippen LogP contribution in [0.1, 0.15) is 31.7 Å². The van der Waals surface area contributed by atoms with Crippen LogP contribution < -0.4 is 27.0 Å². The van der Waals surface area contributed by atoms with Gasteiger partial charge in [0.1, 0.15) is 12.6 Å². The molecule has 1 unspecified atom stereocenters. The van der Waals surface area contributed by atoms with Gasteiger partial charge in [0.2, 0.25) is 12.1 Å². The Balaban J connectivity index is 0.00000484. The number of methoxy groups -OCH3 is 1. The predicted molar refractivity (Wildman–Crippen MR) is 78.2 cm³/mol. The van der Waals surface area contributed by atoms with Crippen molar-refractivity contribution in [1.82, 2.24) is 5.32 Å². The molecule has 8 heteroatoms. The molecule has 0 aromatic carbocycles. The molecule has 1 rings (SSSR count). The highest BCUT2D eigenvalue weighted by atomic mass is 35.5. The summed E-state index contributed by atoms with van der Waals surface area (Å²) in [6.45, 7) is 1.91. The summed E-state index contributed by atoms with van der Waals surface area (Å²) in [5.41, 5.74) is 0.751. The summed E-state index contributed by atoms with van der Waals surface area (Å²) in [4.78, 5) is 21.9. The second-order valence-corrected chi connectivity index (χ2v) is 5.07. The van der Waals surface area contributed by atoms with Crippen LogP contribution in [0.4, 0.5) is 0 Å². The number of carboxylic acid groups (broad SMARTS) is 1. The Hall–Kier alpha value is -1.86. The molecule has 0 bridgehead atoms. The molecular formula is C15H23ClN2O5. The second-order valence-electron chi connectivity index (χ2n) is 5.07. The number of nitrogens with one attached hydrogen (secondary N) is 1. The minimum atomic E-state index is -1.02. The van der Waals surface area contributed by atoms with E-state index in [-0.39, 0.29) is 24.9 Å². The molecule has 0 spiro atoms. The topological polar surface area (TPSA) is 99.7 Å². The van der Waals surface area contributed by atoms with Gasteiger partial charge in [-0.25, -0.2) is 9.36 Å². The van der Waals surface area contributed by atoms with Crippen LogP contribution >= 0.6 is 0 Å². The highest BCUT2D eigenvalue weighted by Gasteiger charge is 2.18. The first kappa shape index (κ1) is 21.1. The van der Waals surface area contributed by atoms with Gasteiger partial charge in [0.25, 0.3) is 0 Å². The van der Waals surface area contributed by atoms with Crippen LogP contribution in [-0.4, -0.2) is 35.2 Å². The summed E-state index contributed by atoms with van der Waals surface area (Å²) < 4.78 is 7.06. The van der Waals surface area contributed by atoms with Gasteiger partial charge in [-0.15, -0.1) is 0 Å². The average molecular weight is 347 g/mol. The zero-order valence-corrected chi connectivity index (χ0v) is 14.0. The maximum Gasteiger partial charge on any atom is 0.326 e. The van der Waals surface area contributed by atoms with E-state index < -0.39 is 12.0 Å². The number of hydrogen-bond acceptors (Lipinski definition) is 4. The van der Waals surface area contributed by atoms with Gasteiger partial charge < -0.3 is 32.7 Å². The van der Waals surface area contributed by atoms with Gasteiger partial charge in [-0.05, 0) is 18.9 Å². The monoisotopic (exact) mass is 346 g/mol. The van der Waals surface area contributed by atoms with Crippen LogP contribution in [-0.2, 0) is 22.7 Å². The van der Waals surface area contributed by atoms with Gasteiger partial charge >= 0.3 is 5.97 Å². The minimum Gasteiger partial charge on any atom is -1.00 e. The van der Waals surface area contributed by atoms with Gasteiger partial charge in [0.15, 0.2) is 11.9 Å². The molecule has 0 fully saturated rings. The highest BCUT2D eigenvalue weighted by Crippen LogP contribution is 2.10. The van der Waals surface area contributed by atoms with Gasteiger partial charge in [-0.1, -0.05) is 0 Å². The molecule has 1 atom stereocenters. The Kier molecular flexibility index (Phi) is 9.92. The zero-order valence-electron chi connectivity index (χ0n) is 13.3. The fourth-order valence-electron chi connectivity index (χ4n) is 2.14. The Morgan fingerprint density at radius 2 is 2.04 bits per heavy atom. The molecule has 1 amide bonds. The Bertz CT molecular complexity index is 502. The van der Waals surface area contributed by atoms with Crippen LogP contribution in [0.25, 0.3) is 0 Å². The van der Waals surface area contributed by atoms with Crippen molar-refractivity contribution < 1.29 is 41.5 Å². The van der Waals surface area contributed by atoms with Crippen molar-refractivity contribution in [2.24, 2.45) is 0 Å². The number of carbonyl (C=O) groups excluding carboxylic acids is 1. The lowest BCUT2D eigenvalue weighted by atomic mass is 10.1. The second kappa shape index (κ2) is 10.8. The van der Waals surface area contributed by atoms with Gasteiger partial charge in [0.05, 0.1) is 13.7 Å². The number of aliphatic hydroxyl groups is 1. The van der Waals surface area contributed by atoms with Gasteiger partial charge in [0, 0.05) is 18.9 Å². The number of halogens is 1. The van der Waals surface area contributed by atoms with Crippen LogP contribution in [0, 0.1) is 0 Å². The lowest BCUT2D eigenvalue weighted by molar-refractivity contribution is -0.698. The first-order chi connectivity index (χ1) is 10.5. The third-order valence-corrected chi connectivity index (χ3v) is 3.21. The first-order valence-electron chi connectivity index (χ1n) is 7.14. The summed E-state index contributed by atoms with van der Waals surface area (Å²) in [5, 5.41) is 20.6. The van der Waals surface area contributed by atoms with E-state index in [1.807, 2.05) is 17.0 Å². The van der Waals surface area contributed by atoms with E-state index in [0.29, 0.717) is 25.1 Å². The molecule has 130 valence electrons. The van der Waals surface area contributed by atoms with Crippen molar-refractivity contribution in [2.45, 2.75) is 45.4 Å². The molecule has 0 saturated heterocycles. The number of hydrogen-bond donors (Lipinski definition) is 3. The van der Waals surface area contributed by atoms with Crippen molar-refractivity contribution >= 4 is 11.9 Å². The molecule has 0 aliphatic rings. The van der Waals surface area contributed by atoms with Gasteiger partial charge in [-0.2, -0.15) is 0 Å². The van der Waals surface area contributed by atoms with E-state index in [9.17, 15) is 14.7 Å². The van der Waals surface area contributed by atoms with Crippen LogP contribution in [0.2, 0.25) is 0 Å². The number of ether oxygens (including phenoxy) is 1. The Morgan fingerprint density at radius 1 is 1.35 bits per heavy atom. The number of carboxylic acids is 1. The number of rotatable bonds is 9. The SMILES string of the molecule is COc1cc(CO)c[n+](CCCCC(NC(C)=O)C(=O)O)c1.[Cl-]. The number of nitrogens with zero attached hydrogens (tertiary/aromatic N) is 1. The van der Waals surface area contributed by atoms with Crippen molar-refractivity contribution in [3.8, 4) is 5.75 Å². The summed E-state index contributed by atoms with van der Waals surface area (Å²) in [6.07, 6.45) is 5.45. The highest BCUT2D eigenvalue weighted by molar-refractivity contribution is 5.81. The number of carbonyl (C=O) groups is 2. The maximum absolute atomic E-state index is 11.0. The number of pyridine rings is 1. The quantitative estimate of drug-likeness (QED) is 0.332. The summed E-state index contributed by atoms with van der Waals surface area (Å²) in [6, 6.07) is 0.911. The van der Waals surface area contributed by atoms with E-state index in [0.717, 1.165) is 12.0 Å². The number of amides is 1. The number of aromatic nitrogens is 1. The molecule has 1 aromatic heterocycles. The van der Waals surface area contributed by atoms with E-state index >= 15 is 0 Å². The van der Waals surface area contributed by atoms with E-state index in [1.54, 1.807) is 13.2 Å². The van der Waals surface area contributed by atoms with Crippen molar-refractivity contribution in [3.63, 3.8) is 0 Å². The third kappa shape index (κ3) is 7.80. The number of aliphatic hydroxyl groups excluding tert-OH is 1. The van der Waals surface area contributed by atoms with Crippen LogP contribution in [0.3, 0.4) is 0 Å². The number of aliphatic carboxylic acids is 1. The maximum atomic E-state index is 11.0. The molecule has 3 N–H and O–H groups in total. The van der Waals surface area contributed by atoms with E-state index in [4.69, 9.17) is 9.84 Å². The van der Waals surface area contributed by atoms with Crippen molar-refractivity contribution in [3.05, 3.63) is 24.0 Å². The lowest BCUT2D eigenvalue weighted by Crippen LogP contribution is -3.00. The van der Waals surface area contributed by atoms with E-state index in [2.05, 4.69) is 5.32 Å². The average Bonchev–Trinajstić information content (AvgIpc) is 2.49. The van der Waals surface area contributed by atoms with E-state index in [1.165, 1.54) is 6.92 Å². The molecular weight excluding hydrogens is 324 g/mol. The van der Waals surface area contributed by atoms with Crippen molar-refractivity contribution in [2.75, 3.05) is 7.11 Å². The molecule has 0 saturated carbocycles. The largest absolute Gasteiger partial charge is 1.00 e.